The Bertz CT molecular complexity index is 1190. The van der Waals surface area contributed by atoms with Crippen molar-refractivity contribution in [3.05, 3.63) is 101 Å². The number of methoxy groups -OCH3 is 1. The number of benzene rings is 3. The summed E-state index contributed by atoms with van der Waals surface area (Å²) in [5, 5.41) is 14.3. The molecule has 0 radical (unpaired) electrons. The van der Waals surface area contributed by atoms with Crippen LogP contribution in [0, 0.1) is 5.82 Å². The zero-order valence-electron chi connectivity index (χ0n) is 17.0. The molecule has 32 heavy (non-hydrogen) atoms. The van der Waals surface area contributed by atoms with Gasteiger partial charge in [-0.05, 0) is 54.1 Å². The number of carboxylic acid groups (broad SMARTS) is 1. The van der Waals surface area contributed by atoms with Crippen LogP contribution in [0.3, 0.4) is 0 Å². The fourth-order valence-corrected chi connectivity index (χ4v) is 2.83. The number of amides is 2. The predicted octanol–water partition coefficient (Wildman–Crippen LogP) is 3.94. The van der Waals surface area contributed by atoms with Crippen molar-refractivity contribution >= 4 is 29.5 Å². The summed E-state index contributed by atoms with van der Waals surface area (Å²) in [6, 6.07) is 17.5. The van der Waals surface area contributed by atoms with Crippen LogP contribution in [0.4, 0.5) is 10.1 Å². The number of carbonyl (C=O) groups is 3. The van der Waals surface area contributed by atoms with Crippen molar-refractivity contribution < 1.29 is 28.6 Å². The fourth-order valence-electron chi connectivity index (χ4n) is 2.83. The highest BCUT2D eigenvalue weighted by Crippen LogP contribution is 2.18. The smallest absolute Gasteiger partial charge is 0.335 e. The molecule has 8 heteroatoms. The van der Waals surface area contributed by atoms with Crippen molar-refractivity contribution in [2.45, 2.75) is 0 Å². The van der Waals surface area contributed by atoms with Gasteiger partial charge in [-0.3, -0.25) is 9.59 Å². The molecule has 3 aromatic rings. The second kappa shape index (κ2) is 10.0. The molecular weight excluding hydrogens is 415 g/mol. The van der Waals surface area contributed by atoms with Crippen LogP contribution in [0.25, 0.3) is 6.08 Å². The molecule has 0 saturated heterocycles. The van der Waals surface area contributed by atoms with E-state index in [0.29, 0.717) is 11.3 Å². The molecule has 162 valence electrons. The number of anilines is 1. The number of nitrogens with one attached hydrogen (secondary N) is 2. The van der Waals surface area contributed by atoms with E-state index < -0.39 is 23.6 Å². The first kappa shape index (κ1) is 22.2. The van der Waals surface area contributed by atoms with Gasteiger partial charge in [0.2, 0.25) is 0 Å². The highest BCUT2D eigenvalue weighted by molar-refractivity contribution is 6.11. The van der Waals surface area contributed by atoms with Crippen molar-refractivity contribution in [3.63, 3.8) is 0 Å². The zero-order valence-corrected chi connectivity index (χ0v) is 17.0. The molecule has 3 rings (SSSR count). The van der Waals surface area contributed by atoms with Gasteiger partial charge in [0.15, 0.2) is 0 Å². The van der Waals surface area contributed by atoms with Crippen molar-refractivity contribution in [1.82, 2.24) is 5.32 Å². The number of hydrogen-bond acceptors (Lipinski definition) is 4. The van der Waals surface area contributed by atoms with E-state index in [9.17, 15) is 18.8 Å². The lowest BCUT2D eigenvalue weighted by Gasteiger charge is -2.13. The van der Waals surface area contributed by atoms with Crippen LogP contribution < -0.4 is 15.4 Å². The molecule has 7 nitrogen and oxygen atoms in total. The van der Waals surface area contributed by atoms with Gasteiger partial charge in [0.25, 0.3) is 11.8 Å². The zero-order chi connectivity index (χ0) is 23.1. The van der Waals surface area contributed by atoms with E-state index >= 15 is 0 Å². The first-order valence-corrected chi connectivity index (χ1v) is 9.43. The van der Waals surface area contributed by atoms with Crippen LogP contribution in [-0.2, 0) is 4.79 Å². The Labute approximate surface area is 183 Å². The summed E-state index contributed by atoms with van der Waals surface area (Å²) in [6.45, 7) is 0. The minimum Gasteiger partial charge on any atom is -0.496 e. The van der Waals surface area contributed by atoms with Crippen LogP contribution in [0.1, 0.15) is 26.3 Å². The molecule has 3 aromatic carbocycles. The minimum absolute atomic E-state index is 0.00933. The van der Waals surface area contributed by atoms with Crippen LogP contribution in [0.5, 0.6) is 5.75 Å². The highest BCUT2D eigenvalue weighted by Gasteiger charge is 2.18. The normalized spacial score (nSPS) is 10.9. The molecule has 0 aliphatic rings. The highest BCUT2D eigenvalue weighted by atomic mass is 19.1. The largest absolute Gasteiger partial charge is 0.496 e. The average Bonchev–Trinajstić information content (AvgIpc) is 2.80. The minimum atomic E-state index is -1.15. The number of hydrogen-bond donors (Lipinski definition) is 3. The van der Waals surface area contributed by atoms with E-state index in [0.717, 1.165) is 0 Å². The summed E-state index contributed by atoms with van der Waals surface area (Å²) >= 11 is 0. The van der Waals surface area contributed by atoms with E-state index in [-0.39, 0.29) is 22.5 Å². The summed E-state index contributed by atoms with van der Waals surface area (Å²) < 4.78 is 18.4. The quantitative estimate of drug-likeness (QED) is 0.489. The Kier molecular flexibility index (Phi) is 6.97. The first-order chi connectivity index (χ1) is 15.4. The van der Waals surface area contributed by atoms with Gasteiger partial charge >= 0.3 is 5.97 Å². The Hall–Kier alpha value is -4.46. The van der Waals surface area contributed by atoms with E-state index in [1.165, 1.54) is 67.8 Å². The van der Waals surface area contributed by atoms with Gasteiger partial charge in [0, 0.05) is 5.69 Å². The fraction of sp³-hybridized carbons (Fsp3) is 0.0417. The van der Waals surface area contributed by atoms with Crippen molar-refractivity contribution in [1.29, 1.82) is 0 Å². The lowest BCUT2D eigenvalue weighted by atomic mass is 10.1. The molecule has 0 aliphatic heterocycles. The molecule has 0 aliphatic carbocycles. The maximum absolute atomic E-state index is 13.3. The van der Waals surface area contributed by atoms with E-state index in [4.69, 9.17) is 9.84 Å². The molecule has 0 spiro atoms. The van der Waals surface area contributed by atoms with E-state index in [2.05, 4.69) is 10.6 Å². The van der Waals surface area contributed by atoms with Crippen LogP contribution in [0.15, 0.2) is 78.5 Å². The van der Waals surface area contributed by atoms with Crippen molar-refractivity contribution in [2.75, 3.05) is 12.4 Å². The third kappa shape index (κ3) is 5.57. The Morgan fingerprint density at radius 3 is 2.38 bits per heavy atom. The van der Waals surface area contributed by atoms with Gasteiger partial charge < -0.3 is 20.5 Å². The van der Waals surface area contributed by atoms with Crippen LogP contribution >= 0.6 is 0 Å². The Morgan fingerprint density at radius 1 is 0.969 bits per heavy atom. The van der Waals surface area contributed by atoms with E-state index in [1.807, 2.05) is 0 Å². The number of para-hydroxylation sites is 1. The number of carbonyl (C=O) groups excluding carboxylic acids is 2. The lowest BCUT2D eigenvalue weighted by molar-refractivity contribution is -0.113. The van der Waals surface area contributed by atoms with Crippen LogP contribution in [-0.4, -0.2) is 30.0 Å². The molecule has 0 aromatic heterocycles. The summed E-state index contributed by atoms with van der Waals surface area (Å²) in [5.74, 6) is -2.56. The standard InChI is InChI=1S/C24H19FN2O5/c1-32-21-8-3-2-7-19(21)22(28)27-20(13-15-9-11-17(25)12-10-15)23(29)26-18-6-4-5-16(14-18)24(30)31/h2-14H,1H3,(H,26,29)(H,27,28)(H,30,31)/b20-13-. The topological polar surface area (TPSA) is 105 Å². The molecule has 0 unspecified atom stereocenters. The van der Waals surface area contributed by atoms with Gasteiger partial charge in [0.1, 0.15) is 17.3 Å². The molecule has 3 N–H and O–H groups in total. The molecule has 0 fully saturated rings. The second-order valence-electron chi connectivity index (χ2n) is 6.60. The maximum atomic E-state index is 13.3. The van der Waals surface area contributed by atoms with Gasteiger partial charge in [-0.2, -0.15) is 0 Å². The van der Waals surface area contributed by atoms with Crippen molar-refractivity contribution in [2.24, 2.45) is 0 Å². The molecule has 0 atom stereocenters. The number of ether oxygens (including phenoxy) is 1. The SMILES string of the molecule is COc1ccccc1C(=O)N/C(=C\c1ccc(F)cc1)C(=O)Nc1cccc(C(=O)O)c1. The summed E-state index contributed by atoms with van der Waals surface area (Å²) in [6.07, 6.45) is 1.38. The maximum Gasteiger partial charge on any atom is 0.335 e. The summed E-state index contributed by atoms with van der Waals surface area (Å²) in [4.78, 5) is 36.9. The Balaban J connectivity index is 1.92. The average molecular weight is 434 g/mol. The number of carboxylic acids is 1. The monoisotopic (exact) mass is 434 g/mol. The van der Waals surface area contributed by atoms with Crippen LogP contribution in [0.2, 0.25) is 0 Å². The first-order valence-electron chi connectivity index (χ1n) is 9.43. The molecular formula is C24H19FN2O5. The Morgan fingerprint density at radius 2 is 1.69 bits per heavy atom. The molecule has 0 heterocycles. The molecule has 0 saturated carbocycles. The van der Waals surface area contributed by atoms with Gasteiger partial charge in [-0.25, -0.2) is 9.18 Å². The number of aromatic carboxylic acids is 1. The third-order valence-electron chi connectivity index (χ3n) is 4.39. The van der Waals surface area contributed by atoms with Gasteiger partial charge in [0.05, 0.1) is 18.2 Å². The summed E-state index contributed by atoms with van der Waals surface area (Å²) in [5.41, 5.74) is 0.765. The summed E-state index contributed by atoms with van der Waals surface area (Å²) in [7, 11) is 1.42. The predicted molar refractivity (Wildman–Crippen MR) is 117 cm³/mol. The molecule has 2 amide bonds. The third-order valence-corrected chi connectivity index (χ3v) is 4.39. The van der Waals surface area contributed by atoms with E-state index in [1.54, 1.807) is 18.2 Å². The second-order valence-corrected chi connectivity index (χ2v) is 6.60. The number of rotatable bonds is 7. The number of halogens is 1. The molecule has 0 bridgehead atoms. The lowest BCUT2D eigenvalue weighted by Crippen LogP contribution is -2.31. The van der Waals surface area contributed by atoms with Gasteiger partial charge in [-0.15, -0.1) is 0 Å². The van der Waals surface area contributed by atoms with Gasteiger partial charge in [-0.1, -0.05) is 30.3 Å². The van der Waals surface area contributed by atoms with Crippen molar-refractivity contribution in [3.8, 4) is 5.75 Å².